The van der Waals surface area contributed by atoms with Gasteiger partial charge in [0.15, 0.2) is 0 Å². The number of hydrogen-bond donors (Lipinski definition) is 0. The smallest absolute Gasteiger partial charge is 0.258 e. The van der Waals surface area contributed by atoms with Crippen molar-refractivity contribution in [2.24, 2.45) is 0 Å². The lowest BCUT2D eigenvalue weighted by Gasteiger charge is -2.39. The molecule has 0 aliphatic carbocycles. The molecule has 1 aliphatic heterocycles. The van der Waals surface area contributed by atoms with Crippen molar-refractivity contribution in [1.82, 2.24) is 34.6 Å². The Labute approximate surface area is 127 Å². The van der Waals surface area contributed by atoms with E-state index in [1.807, 2.05) is 0 Å². The molecule has 1 fully saturated rings. The van der Waals surface area contributed by atoms with E-state index in [0.717, 1.165) is 26.2 Å². The molecule has 0 radical (unpaired) electrons. The van der Waals surface area contributed by atoms with Gasteiger partial charge in [0.2, 0.25) is 11.2 Å². The number of hydrogen-bond acceptors (Lipinski definition) is 7. The van der Waals surface area contributed by atoms with E-state index in [-0.39, 0.29) is 5.28 Å². The third-order valence-electron chi connectivity index (χ3n) is 3.66. The van der Waals surface area contributed by atoms with Gasteiger partial charge >= 0.3 is 0 Å². The van der Waals surface area contributed by atoms with Crippen molar-refractivity contribution in [1.29, 1.82) is 0 Å². The van der Waals surface area contributed by atoms with Crippen LogP contribution in [0.15, 0.2) is 12.7 Å². The van der Waals surface area contributed by atoms with Crippen LogP contribution in [-0.2, 0) is 0 Å². The predicted molar refractivity (Wildman–Crippen MR) is 78.7 cm³/mol. The Balaban J connectivity index is 1.86. The number of likely N-dealkylation sites (N-methyl/N-ethyl adjacent to an activating group) is 1. The summed E-state index contributed by atoms with van der Waals surface area (Å²) in [6, 6.07) is 0.453. The van der Waals surface area contributed by atoms with Crippen LogP contribution in [0.25, 0.3) is 5.95 Å². The zero-order valence-corrected chi connectivity index (χ0v) is 12.8. The molecule has 21 heavy (non-hydrogen) atoms. The normalized spacial score (nSPS) is 20.0. The van der Waals surface area contributed by atoms with E-state index in [1.165, 1.54) is 17.3 Å². The van der Waals surface area contributed by atoms with Crippen LogP contribution in [0.4, 0.5) is 5.95 Å². The minimum absolute atomic E-state index is 0.163. The lowest BCUT2D eigenvalue weighted by Crippen LogP contribution is -2.52. The van der Waals surface area contributed by atoms with Crippen LogP contribution in [0.2, 0.25) is 5.28 Å². The molecular weight excluding hydrogens is 292 g/mol. The number of anilines is 1. The molecule has 3 rings (SSSR count). The van der Waals surface area contributed by atoms with Gasteiger partial charge in [0, 0.05) is 25.7 Å². The number of aromatic nitrogens is 6. The van der Waals surface area contributed by atoms with E-state index in [2.05, 4.69) is 48.7 Å². The van der Waals surface area contributed by atoms with Gasteiger partial charge in [-0.15, -0.1) is 0 Å². The monoisotopic (exact) mass is 308 g/mol. The molecule has 0 amide bonds. The first kappa shape index (κ1) is 14.2. The first-order chi connectivity index (χ1) is 10.2. The quantitative estimate of drug-likeness (QED) is 0.823. The number of halogens is 1. The van der Waals surface area contributed by atoms with Gasteiger partial charge in [-0.1, -0.05) is 6.92 Å². The fraction of sp³-hybridized carbons (Fsp3) is 0.583. The second-order valence-electron chi connectivity index (χ2n) is 4.97. The SMILES string of the molecule is CCN1CCN(c2nc(Cl)nc(-n3cncn3)n2)CC1C. The number of piperazine rings is 1. The van der Waals surface area contributed by atoms with Crippen LogP contribution in [0.3, 0.4) is 0 Å². The average Bonchev–Trinajstić information content (AvgIpc) is 3.01. The molecule has 1 saturated heterocycles. The molecule has 0 bridgehead atoms. The van der Waals surface area contributed by atoms with E-state index in [0.29, 0.717) is 17.9 Å². The zero-order valence-electron chi connectivity index (χ0n) is 12.0. The molecule has 1 aliphatic rings. The summed E-state index contributed by atoms with van der Waals surface area (Å²) in [5.74, 6) is 0.969. The van der Waals surface area contributed by atoms with Gasteiger partial charge in [0.1, 0.15) is 12.7 Å². The maximum absolute atomic E-state index is 6.02. The van der Waals surface area contributed by atoms with E-state index < -0.39 is 0 Å². The minimum atomic E-state index is 0.163. The molecule has 0 N–H and O–H groups in total. The Hall–Kier alpha value is -1.80. The summed E-state index contributed by atoms with van der Waals surface area (Å²) < 4.78 is 1.47. The van der Waals surface area contributed by atoms with E-state index in [1.54, 1.807) is 0 Å². The maximum Gasteiger partial charge on any atom is 0.258 e. The van der Waals surface area contributed by atoms with Crippen LogP contribution in [-0.4, -0.2) is 66.8 Å². The Bertz CT molecular complexity index is 601. The predicted octanol–water partition coefficient (Wildman–Crippen LogP) is 0.636. The molecular formula is C12H17ClN8. The fourth-order valence-corrected chi connectivity index (χ4v) is 2.68. The molecule has 1 atom stereocenters. The largest absolute Gasteiger partial charge is 0.338 e. The fourth-order valence-electron chi connectivity index (χ4n) is 2.53. The third-order valence-corrected chi connectivity index (χ3v) is 3.83. The summed E-state index contributed by atoms with van der Waals surface area (Å²) in [6.45, 7) is 8.16. The highest BCUT2D eigenvalue weighted by Crippen LogP contribution is 2.17. The summed E-state index contributed by atoms with van der Waals surface area (Å²) in [7, 11) is 0. The summed E-state index contributed by atoms with van der Waals surface area (Å²) >= 11 is 6.02. The summed E-state index contributed by atoms with van der Waals surface area (Å²) in [4.78, 5) is 21.2. The number of rotatable bonds is 3. The van der Waals surface area contributed by atoms with E-state index in [4.69, 9.17) is 11.6 Å². The first-order valence-corrected chi connectivity index (χ1v) is 7.30. The molecule has 0 saturated carbocycles. The van der Waals surface area contributed by atoms with Crippen LogP contribution >= 0.6 is 11.6 Å². The van der Waals surface area contributed by atoms with Gasteiger partial charge in [0.25, 0.3) is 5.95 Å². The highest BCUT2D eigenvalue weighted by Gasteiger charge is 2.24. The molecule has 2 aromatic heterocycles. The third kappa shape index (κ3) is 2.96. The van der Waals surface area contributed by atoms with Crippen molar-refractivity contribution >= 4 is 17.5 Å². The van der Waals surface area contributed by atoms with Crippen molar-refractivity contribution in [3.63, 3.8) is 0 Å². The van der Waals surface area contributed by atoms with Crippen LogP contribution < -0.4 is 4.90 Å². The van der Waals surface area contributed by atoms with Gasteiger partial charge < -0.3 is 4.90 Å². The van der Waals surface area contributed by atoms with Crippen molar-refractivity contribution in [3.8, 4) is 5.95 Å². The molecule has 0 aromatic carbocycles. The van der Waals surface area contributed by atoms with Crippen molar-refractivity contribution in [3.05, 3.63) is 17.9 Å². The topological polar surface area (TPSA) is 75.9 Å². The summed E-state index contributed by atoms with van der Waals surface area (Å²) in [5.41, 5.74) is 0. The average molecular weight is 309 g/mol. The Morgan fingerprint density at radius 3 is 2.71 bits per heavy atom. The molecule has 9 heteroatoms. The Morgan fingerprint density at radius 1 is 1.24 bits per heavy atom. The molecule has 2 aromatic rings. The van der Waals surface area contributed by atoms with Gasteiger partial charge in [-0.05, 0) is 25.1 Å². The lowest BCUT2D eigenvalue weighted by atomic mass is 10.2. The standard InChI is InChI=1S/C12H17ClN8/c1-3-19-4-5-20(6-9(19)2)11-16-10(13)17-12(18-11)21-8-14-7-15-21/h7-9H,3-6H2,1-2H3. The molecule has 0 spiro atoms. The van der Waals surface area contributed by atoms with Gasteiger partial charge in [-0.3, -0.25) is 4.90 Å². The molecule has 8 nitrogen and oxygen atoms in total. The molecule has 3 heterocycles. The second kappa shape index (κ2) is 5.90. The van der Waals surface area contributed by atoms with E-state index >= 15 is 0 Å². The zero-order chi connectivity index (χ0) is 14.8. The van der Waals surface area contributed by atoms with Crippen molar-refractivity contribution < 1.29 is 0 Å². The van der Waals surface area contributed by atoms with Crippen LogP contribution in [0, 0.1) is 0 Å². The van der Waals surface area contributed by atoms with Gasteiger partial charge in [-0.2, -0.15) is 24.7 Å². The van der Waals surface area contributed by atoms with Crippen LogP contribution in [0.1, 0.15) is 13.8 Å². The Kier molecular flexibility index (Phi) is 3.98. The minimum Gasteiger partial charge on any atom is -0.338 e. The summed E-state index contributed by atoms with van der Waals surface area (Å²) in [5, 5.41) is 4.18. The summed E-state index contributed by atoms with van der Waals surface area (Å²) in [6.07, 6.45) is 2.96. The Morgan fingerprint density at radius 2 is 2.05 bits per heavy atom. The van der Waals surface area contributed by atoms with Crippen molar-refractivity contribution in [2.75, 3.05) is 31.1 Å². The first-order valence-electron chi connectivity index (χ1n) is 6.93. The molecule has 112 valence electrons. The van der Waals surface area contributed by atoms with E-state index in [9.17, 15) is 0 Å². The highest BCUT2D eigenvalue weighted by molar-refractivity contribution is 6.28. The van der Waals surface area contributed by atoms with Gasteiger partial charge in [0.05, 0.1) is 0 Å². The maximum atomic E-state index is 6.02. The van der Waals surface area contributed by atoms with Crippen molar-refractivity contribution in [2.45, 2.75) is 19.9 Å². The second-order valence-corrected chi connectivity index (χ2v) is 5.31. The van der Waals surface area contributed by atoms with Gasteiger partial charge in [-0.25, -0.2) is 4.98 Å². The lowest BCUT2D eigenvalue weighted by molar-refractivity contribution is 0.198. The van der Waals surface area contributed by atoms with Crippen LogP contribution in [0.5, 0.6) is 0 Å². The molecule has 1 unspecified atom stereocenters. The highest BCUT2D eigenvalue weighted by atomic mass is 35.5. The number of nitrogens with zero attached hydrogens (tertiary/aromatic N) is 8.